The molecule has 0 atom stereocenters. The number of unbranched alkanes of at least 4 members (excludes halogenated alkanes) is 12. The van der Waals surface area contributed by atoms with Crippen LogP contribution in [0.25, 0.3) is 0 Å². The zero-order valence-electron chi connectivity index (χ0n) is 17.3. The van der Waals surface area contributed by atoms with Gasteiger partial charge in [-0.3, -0.25) is 4.18 Å². The molecule has 158 valence electrons. The van der Waals surface area contributed by atoms with Crippen molar-refractivity contribution in [2.24, 2.45) is 0 Å². The van der Waals surface area contributed by atoms with Crippen molar-refractivity contribution in [2.75, 3.05) is 26.0 Å². The summed E-state index contributed by atoms with van der Waals surface area (Å²) in [6.45, 7) is 3.63. The number of hydrogen-bond acceptors (Lipinski definition) is 4. The molecule has 0 heterocycles. The van der Waals surface area contributed by atoms with Crippen LogP contribution >= 0.6 is 0 Å². The molecule has 0 amide bonds. The Hall–Kier alpha value is 0.610. The predicted octanol–water partition coefficient (Wildman–Crippen LogP) is 4.94. The van der Waals surface area contributed by atoms with Crippen LogP contribution in [0.2, 0.25) is 0 Å². The Morgan fingerprint density at radius 3 is 1.74 bits per heavy atom. The van der Waals surface area contributed by atoms with Crippen LogP contribution < -0.4 is 5.32 Å². The topological polar surface area (TPSA) is 55.4 Å². The van der Waals surface area contributed by atoms with E-state index in [0.29, 0.717) is 6.54 Å². The molecule has 6 heteroatoms. The van der Waals surface area contributed by atoms with Crippen molar-refractivity contribution in [3.63, 3.8) is 0 Å². The fourth-order valence-corrected chi connectivity index (χ4v) is 3.46. The van der Waals surface area contributed by atoms with Gasteiger partial charge in [0, 0.05) is 6.54 Å². The summed E-state index contributed by atoms with van der Waals surface area (Å²) in [6, 6.07) is 0. The first-order valence-electron chi connectivity index (χ1n) is 10.8. The fourth-order valence-electron chi connectivity index (χ4n) is 2.90. The van der Waals surface area contributed by atoms with Gasteiger partial charge in [-0.2, -0.15) is 8.42 Å². The van der Waals surface area contributed by atoms with E-state index in [1.807, 2.05) is 0 Å². The van der Waals surface area contributed by atoms with E-state index in [4.69, 9.17) is 0 Å². The molecule has 27 heavy (non-hydrogen) atoms. The molecule has 0 bridgehead atoms. The van der Waals surface area contributed by atoms with Crippen LogP contribution in [0.4, 0.5) is 0 Å². The minimum atomic E-state index is -3.31. The van der Waals surface area contributed by atoms with E-state index in [1.54, 1.807) is 0 Å². The summed E-state index contributed by atoms with van der Waals surface area (Å²) in [4.78, 5) is 0. The third kappa shape index (κ3) is 24.6. The molecule has 0 saturated heterocycles. The van der Waals surface area contributed by atoms with Gasteiger partial charge in [-0.05, 0) is 38.6 Å². The fraction of sp³-hybridized carbons (Fsp3) is 0.905. The van der Waals surface area contributed by atoms with Crippen LogP contribution in [0.1, 0.15) is 96.8 Å². The average molecular weight is 414 g/mol. The molecule has 0 aromatic rings. The normalized spacial score (nSPS) is 11.8. The second kappa shape index (κ2) is 22.9. The van der Waals surface area contributed by atoms with Crippen LogP contribution in [0.5, 0.6) is 0 Å². The van der Waals surface area contributed by atoms with Crippen LogP contribution in [0, 0.1) is 0 Å². The summed E-state index contributed by atoms with van der Waals surface area (Å²) in [6.07, 6.45) is 23.0. The molecule has 0 spiro atoms. The molecule has 0 rings (SSSR count). The Morgan fingerprint density at radius 1 is 0.741 bits per heavy atom. The second-order valence-corrected chi connectivity index (χ2v) is 8.97. The molecular formula is C21H44NNaO3S. The van der Waals surface area contributed by atoms with Crippen molar-refractivity contribution in [1.29, 1.82) is 0 Å². The van der Waals surface area contributed by atoms with Crippen molar-refractivity contribution in [3.8, 4) is 0 Å². The van der Waals surface area contributed by atoms with Gasteiger partial charge in [-0.1, -0.05) is 76.9 Å². The first-order chi connectivity index (χ1) is 12.6. The quantitative estimate of drug-likeness (QED) is 0.133. The third-order valence-corrected chi connectivity index (χ3v) is 5.86. The minimum absolute atomic E-state index is 0. The van der Waals surface area contributed by atoms with Crippen LogP contribution in [0.15, 0.2) is 12.2 Å². The number of allylic oxidation sites excluding steroid dienone is 2. The standard InChI is InChI=1S/C21H43NO3S.Na.H/c1-3-4-5-6-7-8-9-10-11-12-13-14-15-16-17-18-19-22-20-21-26(23,24)25-2;;/h10-11,22H,3-9,12-21H2,1-2H3;;/b11-10-;;. The maximum absolute atomic E-state index is 11.1. The van der Waals surface area contributed by atoms with Crippen LogP contribution in [0.3, 0.4) is 0 Å². The molecular weight excluding hydrogens is 369 g/mol. The van der Waals surface area contributed by atoms with Crippen molar-refractivity contribution >= 4 is 39.7 Å². The first-order valence-corrected chi connectivity index (χ1v) is 12.3. The molecule has 4 nitrogen and oxygen atoms in total. The van der Waals surface area contributed by atoms with E-state index in [9.17, 15) is 8.42 Å². The second-order valence-electron chi connectivity index (χ2n) is 7.12. The van der Waals surface area contributed by atoms with Gasteiger partial charge in [-0.25, -0.2) is 0 Å². The summed E-state index contributed by atoms with van der Waals surface area (Å²) >= 11 is 0. The molecule has 0 radical (unpaired) electrons. The maximum atomic E-state index is 11.1. The summed E-state index contributed by atoms with van der Waals surface area (Å²) in [5, 5.41) is 3.16. The molecule has 0 aliphatic heterocycles. The Morgan fingerprint density at radius 2 is 1.22 bits per heavy atom. The zero-order valence-corrected chi connectivity index (χ0v) is 18.1. The molecule has 0 saturated carbocycles. The summed E-state index contributed by atoms with van der Waals surface area (Å²) in [7, 11) is -2.10. The van der Waals surface area contributed by atoms with E-state index in [2.05, 4.69) is 28.6 Å². The van der Waals surface area contributed by atoms with Gasteiger partial charge in [-0.15, -0.1) is 0 Å². The van der Waals surface area contributed by atoms with Gasteiger partial charge in [0.05, 0.1) is 12.9 Å². The Bertz CT molecular complexity index is 414. The van der Waals surface area contributed by atoms with Gasteiger partial charge in [0.1, 0.15) is 0 Å². The van der Waals surface area contributed by atoms with E-state index >= 15 is 0 Å². The third-order valence-electron chi connectivity index (χ3n) is 4.65. The van der Waals surface area contributed by atoms with E-state index in [1.165, 1.54) is 90.6 Å². The number of rotatable bonds is 20. The zero-order chi connectivity index (χ0) is 19.3. The summed E-state index contributed by atoms with van der Waals surface area (Å²) in [5.41, 5.74) is 0. The van der Waals surface area contributed by atoms with Crippen molar-refractivity contribution < 1.29 is 12.6 Å². The van der Waals surface area contributed by atoms with Gasteiger partial charge in [0.25, 0.3) is 10.1 Å². The molecule has 0 aromatic heterocycles. The van der Waals surface area contributed by atoms with Gasteiger partial charge < -0.3 is 5.32 Å². The first kappa shape index (κ1) is 29.8. The monoisotopic (exact) mass is 413 g/mol. The van der Waals surface area contributed by atoms with E-state index in [-0.39, 0.29) is 35.3 Å². The average Bonchev–Trinajstić information content (AvgIpc) is 2.63. The van der Waals surface area contributed by atoms with Crippen LogP contribution in [-0.2, 0) is 14.3 Å². The molecule has 1 N–H and O–H groups in total. The Kier molecular flexibility index (Phi) is 25.3. The molecule has 0 aliphatic rings. The van der Waals surface area contributed by atoms with E-state index in [0.717, 1.165) is 13.0 Å². The van der Waals surface area contributed by atoms with Crippen LogP contribution in [-0.4, -0.2) is 63.9 Å². The van der Waals surface area contributed by atoms with Gasteiger partial charge in [0.15, 0.2) is 0 Å². The summed E-state index contributed by atoms with van der Waals surface area (Å²) in [5.74, 6) is 0.0515. The Balaban J connectivity index is 0. The molecule has 0 aliphatic carbocycles. The number of nitrogens with one attached hydrogen (secondary N) is 1. The van der Waals surface area contributed by atoms with Crippen molar-refractivity contribution in [3.05, 3.63) is 12.2 Å². The van der Waals surface area contributed by atoms with Gasteiger partial charge >= 0.3 is 29.6 Å². The number of hydrogen-bond donors (Lipinski definition) is 1. The van der Waals surface area contributed by atoms with Gasteiger partial charge in [0.2, 0.25) is 0 Å². The predicted molar refractivity (Wildman–Crippen MR) is 120 cm³/mol. The van der Waals surface area contributed by atoms with Crippen molar-refractivity contribution in [1.82, 2.24) is 5.32 Å². The van der Waals surface area contributed by atoms with Crippen molar-refractivity contribution in [2.45, 2.75) is 96.8 Å². The SMILES string of the molecule is CCCCCCCC/C=C\CCCCCCCCNCCS(=O)(=O)OC.[NaH]. The molecule has 0 unspecified atom stereocenters. The van der Waals surface area contributed by atoms with E-state index < -0.39 is 10.1 Å². The summed E-state index contributed by atoms with van der Waals surface area (Å²) < 4.78 is 26.6. The molecule has 0 fully saturated rings. The Labute approximate surface area is 191 Å². The molecule has 0 aromatic carbocycles.